The van der Waals surface area contributed by atoms with E-state index in [1.807, 2.05) is 6.92 Å². The van der Waals surface area contributed by atoms with Crippen molar-refractivity contribution in [3.05, 3.63) is 0 Å². The zero-order valence-corrected chi connectivity index (χ0v) is 12.4. The molecule has 0 unspecified atom stereocenters. The average Bonchev–Trinajstić information content (AvgIpc) is 2.35. The second kappa shape index (κ2) is 6.32. The van der Waals surface area contributed by atoms with Crippen LogP contribution in [0.4, 0.5) is 0 Å². The van der Waals surface area contributed by atoms with E-state index in [0.29, 0.717) is 19.0 Å². The van der Waals surface area contributed by atoms with Crippen LogP contribution in [0.25, 0.3) is 0 Å². The molecule has 0 atom stereocenters. The van der Waals surface area contributed by atoms with Gasteiger partial charge in [0.25, 0.3) is 10.2 Å². The summed E-state index contributed by atoms with van der Waals surface area (Å²) >= 11 is 0. The topological polar surface area (TPSA) is 89.4 Å². The number of hydrogen-bond donors (Lipinski definition) is 2. The highest BCUT2D eigenvalue weighted by molar-refractivity contribution is 7.86. The van der Waals surface area contributed by atoms with E-state index in [4.69, 9.17) is 10.9 Å². The van der Waals surface area contributed by atoms with Gasteiger partial charge >= 0.3 is 0 Å². The minimum Gasteiger partial charge on any atom is -0.329 e. The highest BCUT2D eigenvalue weighted by Gasteiger charge is 2.43. The van der Waals surface area contributed by atoms with Crippen molar-refractivity contribution < 1.29 is 8.42 Å². The molecule has 0 amide bonds. The first-order valence-electron chi connectivity index (χ1n) is 6.90. The Balaban J connectivity index is 2.92. The minimum atomic E-state index is -3.67. The van der Waals surface area contributed by atoms with Gasteiger partial charge in [0.2, 0.25) is 0 Å². The fourth-order valence-corrected chi connectivity index (χ4v) is 4.25. The van der Waals surface area contributed by atoms with E-state index in [2.05, 4.69) is 6.92 Å². The van der Waals surface area contributed by atoms with Crippen LogP contribution in [0.3, 0.4) is 0 Å². The molecule has 0 aliphatic heterocycles. The molecule has 5 nitrogen and oxygen atoms in total. The van der Waals surface area contributed by atoms with Gasteiger partial charge in [-0.05, 0) is 38.0 Å². The molecule has 4 N–H and O–H groups in total. The zero-order valence-electron chi connectivity index (χ0n) is 11.6. The molecule has 0 heterocycles. The third-order valence-corrected chi connectivity index (χ3v) is 5.44. The summed E-state index contributed by atoms with van der Waals surface area (Å²) in [6, 6.07) is 0. The number of nitrogens with zero attached hydrogens (tertiary/aromatic N) is 1. The van der Waals surface area contributed by atoms with Crippen LogP contribution in [0.1, 0.15) is 52.4 Å². The van der Waals surface area contributed by atoms with Crippen molar-refractivity contribution in [2.75, 3.05) is 13.1 Å². The standard InChI is InChI=1S/C12H27N3O2S/c1-3-9-15(18(14,16)17)12(10-13)7-5-11(4-2)6-8-12/h11H,3-10,13H2,1-2H3,(H2,14,16,17). The molecular weight excluding hydrogens is 250 g/mol. The van der Waals surface area contributed by atoms with Crippen LogP contribution in [0.5, 0.6) is 0 Å². The minimum absolute atomic E-state index is 0.361. The molecule has 0 aromatic rings. The first kappa shape index (κ1) is 15.9. The summed E-state index contributed by atoms with van der Waals surface area (Å²) < 4.78 is 25.0. The first-order valence-corrected chi connectivity index (χ1v) is 8.40. The highest BCUT2D eigenvalue weighted by atomic mass is 32.2. The van der Waals surface area contributed by atoms with Gasteiger partial charge in [0.15, 0.2) is 0 Å². The van der Waals surface area contributed by atoms with E-state index in [1.54, 1.807) is 0 Å². The molecule has 6 heteroatoms. The molecule has 0 spiro atoms. The summed E-state index contributed by atoms with van der Waals surface area (Å²) in [6.07, 6.45) is 5.67. The van der Waals surface area contributed by atoms with Gasteiger partial charge < -0.3 is 5.73 Å². The Morgan fingerprint density at radius 1 is 1.28 bits per heavy atom. The lowest BCUT2D eigenvalue weighted by Crippen LogP contribution is -2.59. The molecule has 1 aliphatic rings. The first-order chi connectivity index (χ1) is 8.39. The Morgan fingerprint density at radius 3 is 2.17 bits per heavy atom. The molecule has 0 saturated heterocycles. The fourth-order valence-electron chi connectivity index (χ4n) is 3.02. The fraction of sp³-hybridized carbons (Fsp3) is 1.00. The summed E-state index contributed by atoms with van der Waals surface area (Å²) in [5.74, 6) is 0.702. The predicted octanol–water partition coefficient (Wildman–Crippen LogP) is 1.20. The van der Waals surface area contributed by atoms with Crippen LogP contribution >= 0.6 is 0 Å². The molecular formula is C12H27N3O2S. The molecule has 1 fully saturated rings. The Kier molecular flexibility index (Phi) is 5.58. The van der Waals surface area contributed by atoms with Crippen molar-refractivity contribution in [1.82, 2.24) is 4.31 Å². The third-order valence-electron chi connectivity index (χ3n) is 4.26. The third kappa shape index (κ3) is 3.44. The van der Waals surface area contributed by atoms with E-state index < -0.39 is 15.7 Å². The van der Waals surface area contributed by atoms with Crippen LogP contribution in [0, 0.1) is 5.92 Å². The molecule has 0 bridgehead atoms. The van der Waals surface area contributed by atoms with Gasteiger partial charge in [-0.25, -0.2) is 5.14 Å². The van der Waals surface area contributed by atoms with Crippen molar-refractivity contribution in [1.29, 1.82) is 0 Å². The normalized spacial score (nSPS) is 29.7. The maximum atomic E-state index is 11.8. The van der Waals surface area contributed by atoms with Crippen LogP contribution in [0.2, 0.25) is 0 Å². The van der Waals surface area contributed by atoms with E-state index in [0.717, 1.165) is 38.5 Å². The monoisotopic (exact) mass is 277 g/mol. The van der Waals surface area contributed by atoms with E-state index in [-0.39, 0.29) is 0 Å². The van der Waals surface area contributed by atoms with Crippen molar-refractivity contribution in [3.63, 3.8) is 0 Å². The Labute approximate surface area is 111 Å². The summed E-state index contributed by atoms with van der Waals surface area (Å²) in [4.78, 5) is 0. The summed E-state index contributed by atoms with van der Waals surface area (Å²) in [7, 11) is -3.67. The Morgan fingerprint density at radius 2 is 1.83 bits per heavy atom. The lowest BCUT2D eigenvalue weighted by Gasteiger charge is -2.45. The van der Waals surface area contributed by atoms with Gasteiger partial charge in [-0.2, -0.15) is 12.7 Å². The maximum absolute atomic E-state index is 11.8. The van der Waals surface area contributed by atoms with Crippen molar-refractivity contribution in [3.8, 4) is 0 Å². The van der Waals surface area contributed by atoms with Crippen LogP contribution < -0.4 is 10.9 Å². The molecule has 1 rings (SSSR count). The second-order valence-electron chi connectivity index (χ2n) is 5.40. The Bertz CT molecular complexity index is 348. The SMILES string of the molecule is CCCN(C1(CN)CCC(CC)CC1)S(N)(=O)=O. The zero-order chi connectivity index (χ0) is 13.8. The largest absolute Gasteiger partial charge is 0.329 e. The van der Waals surface area contributed by atoms with Crippen molar-refractivity contribution in [2.45, 2.75) is 57.9 Å². The molecule has 108 valence electrons. The van der Waals surface area contributed by atoms with Gasteiger partial charge in [-0.3, -0.25) is 0 Å². The van der Waals surface area contributed by atoms with Crippen molar-refractivity contribution >= 4 is 10.2 Å². The van der Waals surface area contributed by atoms with Gasteiger partial charge in [0.1, 0.15) is 0 Å². The lowest BCUT2D eigenvalue weighted by atomic mass is 9.75. The molecule has 0 aromatic carbocycles. The predicted molar refractivity (Wildman–Crippen MR) is 74.1 cm³/mol. The van der Waals surface area contributed by atoms with Gasteiger partial charge in [-0.15, -0.1) is 0 Å². The van der Waals surface area contributed by atoms with Crippen LogP contribution in [0.15, 0.2) is 0 Å². The molecule has 1 aliphatic carbocycles. The summed E-state index contributed by atoms with van der Waals surface area (Å²) in [5.41, 5.74) is 5.44. The number of nitrogens with two attached hydrogens (primary N) is 2. The Hall–Kier alpha value is -0.170. The molecule has 18 heavy (non-hydrogen) atoms. The van der Waals surface area contributed by atoms with Gasteiger partial charge in [-0.1, -0.05) is 20.3 Å². The molecule has 0 aromatic heterocycles. The summed E-state index contributed by atoms with van der Waals surface area (Å²) in [6.45, 7) is 4.97. The molecule has 0 radical (unpaired) electrons. The van der Waals surface area contributed by atoms with Gasteiger partial charge in [0, 0.05) is 18.6 Å². The van der Waals surface area contributed by atoms with E-state index in [9.17, 15) is 8.42 Å². The second-order valence-corrected chi connectivity index (χ2v) is 6.87. The maximum Gasteiger partial charge on any atom is 0.277 e. The number of hydrogen-bond acceptors (Lipinski definition) is 3. The smallest absolute Gasteiger partial charge is 0.277 e. The van der Waals surface area contributed by atoms with E-state index in [1.165, 1.54) is 4.31 Å². The van der Waals surface area contributed by atoms with Crippen LogP contribution in [-0.4, -0.2) is 31.4 Å². The molecule has 1 saturated carbocycles. The van der Waals surface area contributed by atoms with Crippen LogP contribution in [-0.2, 0) is 10.2 Å². The van der Waals surface area contributed by atoms with Gasteiger partial charge in [0.05, 0.1) is 0 Å². The lowest BCUT2D eigenvalue weighted by molar-refractivity contribution is 0.110. The highest BCUT2D eigenvalue weighted by Crippen LogP contribution is 2.38. The quantitative estimate of drug-likeness (QED) is 0.764. The summed E-state index contributed by atoms with van der Waals surface area (Å²) in [5, 5.41) is 5.37. The average molecular weight is 277 g/mol. The van der Waals surface area contributed by atoms with Crippen molar-refractivity contribution in [2.24, 2.45) is 16.8 Å². The van der Waals surface area contributed by atoms with E-state index >= 15 is 0 Å². The number of rotatable bonds is 6.